The molecule has 0 aromatic heterocycles. The van der Waals surface area contributed by atoms with Crippen molar-refractivity contribution in [3.8, 4) is 0 Å². The fourth-order valence-electron chi connectivity index (χ4n) is 5.42. The fourth-order valence-corrected chi connectivity index (χ4v) is 5.42. The molecule has 4 heteroatoms. The van der Waals surface area contributed by atoms with E-state index in [2.05, 4.69) is 37.8 Å². The Morgan fingerprint density at radius 3 is 2.10 bits per heavy atom. The highest BCUT2D eigenvalue weighted by atomic mass is 16.2. The Balaban J connectivity index is 1.74. The summed E-state index contributed by atoms with van der Waals surface area (Å²) in [6.07, 6.45) is 9.96. The first-order valence-electron chi connectivity index (χ1n) is 11.9. The molecule has 30 heavy (non-hydrogen) atoms. The van der Waals surface area contributed by atoms with Crippen molar-refractivity contribution in [2.24, 2.45) is 5.92 Å². The third-order valence-corrected chi connectivity index (χ3v) is 7.28. The second-order valence-corrected chi connectivity index (χ2v) is 9.69. The van der Waals surface area contributed by atoms with Gasteiger partial charge in [-0.15, -0.1) is 0 Å². The quantitative estimate of drug-likeness (QED) is 0.643. The number of aryl methyl sites for hydroxylation is 2. The fraction of sp³-hybridized carbons (Fsp3) is 0.615. The van der Waals surface area contributed by atoms with Crippen LogP contribution in [0.25, 0.3) is 5.57 Å². The van der Waals surface area contributed by atoms with E-state index < -0.39 is 0 Å². The lowest BCUT2D eigenvalue weighted by Crippen LogP contribution is -2.43. The third kappa shape index (κ3) is 4.06. The standard InChI is InChI=1S/C26H36N2O2/c1-18-13-15-27(16-14-18)24-23(22-12-11-19(2)17-20(22)3)25(29)28(26(24)30)21-9-7-5-4-6-8-10-21/h11-12,17-18,21H,4-10,13-16H2,1-3H3. The Bertz CT molecular complexity index is 841. The molecular weight excluding hydrogens is 372 g/mol. The Morgan fingerprint density at radius 2 is 1.47 bits per heavy atom. The minimum atomic E-state index is -0.0638. The number of amides is 2. The van der Waals surface area contributed by atoms with E-state index >= 15 is 0 Å². The van der Waals surface area contributed by atoms with Gasteiger partial charge in [0.15, 0.2) is 0 Å². The number of rotatable bonds is 3. The summed E-state index contributed by atoms with van der Waals surface area (Å²) in [5.74, 6) is 0.571. The van der Waals surface area contributed by atoms with Gasteiger partial charge in [0.05, 0.1) is 5.57 Å². The van der Waals surface area contributed by atoms with E-state index in [9.17, 15) is 9.59 Å². The lowest BCUT2D eigenvalue weighted by molar-refractivity contribution is -0.140. The molecule has 1 saturated carbocycles. The van der Waals surface area contributed by atoms with Gasteiger partial charge < -0.3 is 4.90 Å². The number of likely N-dealkylation sites (tertiary alicyclic amines) is 1. The number of hydrogen-bond acceptors (Lipinski definition) is 3. The zero-order chi connectivity index (χ0) is 21.3. The molecule has 3 aliphatic rings. The van der Waals surface area contributed by atoms with Crippen LogP contribution in [0.2, 0.25) is 0 Å². The van der Waals surface area contributed by atoms with Crippen molar-refractivity contribution < 1.29 is 9.59 Å². The molecule has 1 aliphatic carbocycles. The zero-order valence-corrected chi connectivity index (χ0v) is 18.9. The average Bonchev–Trinajstić information content (AvgIpc) is 2.93. The molecule has 0 spiro atoms. The molecule has 4 rings (SSSR count). The van der Waals surface area contributed by atoms with Crippen molar-refractivity contribution in [3.05, 3.63) is 40.6 Å². The van der Waals surface area contributed by atoms with Gasteiger partial charge in [-0.25, -0.2) is 0 Å². The molecule has 2 heterocycles. The van der Waals surface area contributed by atoms with Crippen LogP contribution >= 0.6 is 0 Å². The molecule has 2 fully saturated rings. The van der Waals surface area contributed by atoms with E-state index in [-0.39, 0.29) is 17.9 Å². The number of piperidine rings is 1. The van der Waals surface area contributed by atoms with Gasteiger partial charge in [-0.05, 0) is 56.6 Å². The van der Waals surface area contributed by atoms with Crippen LogP contribution in [0.15, 0.2) is 23.9 Å². The first kappa shape index (κ1) is 21.1. The van der Waals surface area contributed by atoms with Crippen LogP contribution < -0.4 is 0 Å². The minimum absolute atomic E-state index is 0.0462. The lowest BCUT2D eigenvalue weighted by Gasteiger charge is -2.33. The maximum absolute atomic E-state index is 13.8. The molecule has 2 amide bonds. The first-order chi connectivity index (χ1) is 14.5. The maximum Gasteiger partial charge on any atom is 0.278 e. The SMILES string of the molecule is Cc1ccc(C2=C(N3CCC(C)CC3)C(=O)N(C3CCCCCCC3)C2=O)c(C)c1. The number of nitrogens with zero attached hydrogens (tertiary/aromatic N) is 2. The predicted molar refractivity (Wildman–Crippen MR) is 121 cm³/mol. The van der Waals surface area contributed by atoms with Crippen molar-refractivity contribution in [1.29, 1.82) is 0 Å². The number of benzene rings is 1. The molecule has 0 atom stereocenters. The second-order valence-electron chi connectivity index (χ2n) is 9.69. The third-order valence-electron chi connectivity index (χ3n) is 7.28. The van der Waals surface area contributed by atoms with Crippen molar-refractivity contribution in [2.75, 3.05) is 13.1 Å². The molecule has 1 aromatic carbocycles. The highest BCUT2D eigenvalue weighted by Crippen LogP contribution is 2.38. The van der Waals surface area contributed by atoms with Crippen LogP contribution in [0.3, 0.4) is 0 Å². The van der Waals surface area contributed by atoms with Crippen molar-refractivity contribution in [1.82, 2.24) is 9.80 Å². The molecule has 0 N–H and O–H groups in total. The van der Waals surface area contributed by atoms with Gasteiger partial charge in [0.2, 0.25) is 0 Å². The summed E-state index contributed by atoms with van der Waals surface area (Å²) in [7, 11) is 0. The smallest absolute Gasteiger partial charge is 0.278 e. The predicted octanol–water partition coefficient (Wildman–Crippen LogP) is 5.23. The number of carbonyl (C=O) groups excluding carboxylic acids is 2. The van der Waals surface area contributed by atoms with Crippen LogP contribution in [0.5, 0.6) is 0 Å². The van der Waals surface area contributed by atoms with Crippen molar-refractivity contribution in [3.63, 3.8) is 0 Å². The van der Waals surface area contributed by atoms with Crippen LogP contribution in [0.4, 0.5) is 0 Å². The molecule has 1 aromatic rings. The molecule has 0 unspecified atom stereocenters. The molecule has 0 bridgehead atoms. The number of carbonyl (C=O) groups is 2. The second kappa shape index (κ2) is 8.95. The summed E-state index contributed by atoms with van der Waals surface area (Å²) < 4.78 is 0. The average molecular weight is 409 g/mol. The van der Waals surface area contributed by atoms with Gasteiger partial charge in [0, 0.05) is 19.1 Å². The molecular formula is C26H36N2O2. The van der Waals surface area contributed by atoms with E-state index in [1.807, 2.05) is 6.07 Å². The maximum atomic E-state index is 13.8. The monoisotopic (exact) mass is 408 g/mol. The minimum Gasteiger partial charge on any atom is -0.366 e. The van der Waals surface area contributed by atoms with Gasteiger partial charge >= 0.3 is 0 Å². The molecule has 162 valence electrons. The molecule has 2 aliphatic heterocycles. The molecule has 1 saturated heterocycles. The highest BCUT2D eigenvalue weighted by Gasteiger charge is 2.45. The summed E-state index contributed by atoms with van der Waals surface area (Å²) in [4.78, 5) is 31.4. The topological polar surface area (TPSA) is 40.6 Å². The summed E-state index contributed by atoms with van der Waals surface area (Å²) in [6.45, 7) is 8.13. The van der Waals surface area contributed by atoms with E-state index in [1.54, 1.807) is 4.90 Å². The zero-order valence-electron chi connectivity index (χ0n) is 18.9. The van der Waals surface area contributed by atoms with Gasteiger partial charge in [-0.2, -0.15) is 0 Å². The van der Waals surface area contributed by atoms with E-state index in [0.717, 1.165) is 62.7 Å². The summed E-state index contributed by atoms with van der Waals surface area (Å²) in [5, 5.41) is 0. The van der Waals surface area contributed by atoms with Crippen LogP contribution in [0.1, 0.15) is 81.4 Å². The highest BCUT2D eigenvalue weighted by molar-refractivity contribution is 6.36. The van der Waals surface area contributed by atoms with Crippen LogP contribution in [-0.2, 0) is 9.59 Å². The normalized spacial score (nSPS) is 22.6. The number of hydrogen-bond donors (Lipinski definition) is 0. The van der Waals surface area contributed by atoms with Crippen molar-refractivity contribution >= 4 is 17.4 Å². The lowest BCUT2D eigenvalue weighted by atomic mass is 9.94. The summed E-state index contributed by atoms with van der Waals surface area (Å²) >= 11 is 0. The number of imide groups is 1. The molecule has 0 radical (unpaired) electrons. The largest absolute Gasteiger partial charge is 0.366 e. The van der Waals surface area contributed by atoms with Crippen LogP contribution in [0, 0.1) is 19.8 Å². The summed E-state index contributed by atoms with van der Waals surface area (Å²) in [6, 6.07) is 6.27. The Hall–Kier alpha value is -2.10. The van der Waals surface area contributed by atoms with Gasteiger partial charge in [-0.1, -0.05) is 62.8 Å². The van der Waals surface area contributed by atoms with E-state index in [4.69, 9.17) is 0 Å². The van der Waals surface area contributed by atoms with Gasteiger partial charge in [0.1, 0.15) is 5.70 Å². The van der Waals surface area contributed by atoms with Gasteiger partial charge in [-0.3, -0.25) is 14.5 Å². The summed E-state index contributed by atoms with van der Waals surface area (Å²) in [5.41, 5.74) is 4.50. The van der Waals surface area contributed by atoms with Crippen molar-refractivity contribution in [2.45, 2.75) is 84.6 Å². The van der Waals surface area contributed by atoms with Gasteiger partial charge in [0.25, 0.3) is 11.8 Å². The first-order valence-corrected chi connectivity index (χ1v) is 11.9. The molecule has 4 nitrogen and oxygen atoms in total. The van der Waals surface area contributed by atoms with E-state index in [1.165, 1.54) is 24.8 Å². The Morgan fingerprint density at radius 1 is 0.833 bits per heavy atom. The van der Waals surface area contributed by atoms with E-state index in [0.29, 0.717) is 17.2 Å². The Kier molecular flexibility index (Phi) is 6.31. The van der Waals surface area contributed by atoms with Crippen LogP contribution in [-0.4, -0.2) is 40.7 Å². The Labute approximate surface area is 181 Å².